The molecular formula is C44H46FN5O7S2. The molecule has 0 spiro atoms. The average molecular weight is 840 g/mol. The van der Waals surface area contributed by atoms with Crippen LogP contribution in [0.2, 0.25) is 0 Å². The highest BCUT2D eigenvalue weighted by atomic mass is 32.2. The Bertz CT molecular complexity index is 2430. The molecule has 59 heavy (non-hydrogen) atoms. The topological polar surface area (TPSA) is 165 Å². The average Bonchev–Trinajstić information content (AvgIpc) is 3.78. The molecule has 4 aromatic rings. The molecule has 4 aromatic carbocycles. The number of nitrogens with one attached hydrogen (secondary N) is 3. The second kappa shape index (κ2) is 16.9. The third-order valence-corrected chi connectivity index (χ3v) is 14.8. The molecule has 2 fully saturated rings. The van der Waals surface area contributed by atoms with Crippen LogP contribution in [0.4, 0.5) is 15.8 Å². The highest BCUT2D eigenvalue weighted by Gasteiger charge is 2.49. The van der Waals surface area contributed by atoms with Crippen LogP contribution >= 0.6 is 11.8 Å². The normalized spacial score (nSPS) is 21.5. The van der Waals surface area contributed by atoms with E-state index in [1.54, 1.807) is 16.4 Å². The number of aliphatic hydroxyl groups excluding tert-OH is 1. The smallest absolute Gasteiger partial charge is 0.263 e. The van der Waals surface area contributed by atoms with E-state index in [1.165, 1.54) is 17.8 Å². The predicted octanol–water partition coefficient (Wildman–Crippen LogP) is 6.51. The summed E-state index contributed by atoms with van der Waals surface area (Å²) in [4.78, 5) is 52.1. The fourth-order valence-corrected chi connectivity index (χ4v) is 11.5. The number of carbonyl (C=O) groups excluding carboxylic acids is 4. The number of anilines is 2. The molecule has 0 saturated carbocycles. The number of amides is 4. The van der Waals surface area contributed by atoms with Crippen LogP contribution in [-0.2, 0) is 19.6 Å². The van der Waals surface area contributed by atoms with Gasteiger partial charge in [-0.15, -0.1) is 11.8 Å². The van der Waals surface area contributed by atoms with Gasteiger partial charge in [0.15, 0.2) is 0 Å². The number of nitrogens with zero attached hydrogens (tertiary/aromatic N) is 2. The van der Waals surface area contributed by atoms with Crippen molar-refractivity contribution in [1.82, 2.24) is 14.5 Å². The number of rotatable bonds is 14. The minimum Gasteiger partial charge on any atom is -0.394 e. The number of aliphatic hydroxyl groups is 1. The number of unbranched alkanes of at least 4 members (excludes halogenated alkanes) is 3. The molecule has 4 N–H and O–H groups in total. The van der Waals surface area contributed by atoms with E-state index in [4.69, 9.17) is 0 Å². The second-order valence-electron chi connectivity index (χ2n) is 15.6. The van der Waals surface area contributed by atoms with Crippen LogP contribution < -0.4 is 16.0 Å². The lowest BCUT2D eigenvalue weighted by molar-refractivity contribution is -0.136. The second-order valence-corrected chi connectivity index (χ2v) is 18.6. The molecule has 4 aliphatic heterocycles. The van der Waals surface area contributed by atoms with Crippen LogP contribution in [0.5, 0.6) is 0 Å². The van der Waals surface area contributed by atoms with Crippen molar-refractivity contribution in [3.05, 3.63) is 107 Å². The van der Waals surface area contributed by atoms with Crippen LogP contribution in [0, 0.1) is 18.7 Å². The monoisotopic (exact) mass is 839 g/mol. The molecule has 2 saturated heterocycles. The standard InChI is InChI=1S/C44H46FN5O7S2/c1-26-9-12-31(13-10-26)59(56,57)49-19-17-32-36(25-51)47-35-14-11-28(22-33(35)41(32)49)27-7-6-8-30(21-27)46-18-4-2-3-5-20-58-38-24-29(45)23-34-40(38)44(55)50(43(34)54)37-15-16-39(52)48-42(37)53/h6-14,21-24,32,36-37,41,46-47,51H,2-5,15-20,25H2,1H3,(H,48,52,53)/t32-,36+,37?,41-/m1/s1. The predicted molar refractivity (Wildman–Crippen MR) is 223 cm³/mol. The highest BCUT2D eigenvalue weighted by molar-refractivity contribution is 7.99. The molecule has 1 unspecified atom stereocenters. The Hall–Kier alpha value is -5.09. The summed E-state index contributed by atoms with van der Waals surface area (Å²) in [7, 11) is -3.78. The first-order valence-corrected chi connectivity index (χ1v) is 22.5. The largest absolute Gasteiger partial charge is 0.394 e. The molecule has 4 aliphatic rings. The fraction of sp³-hybridized carbons (Fsp3) is 0.364. The molecule has 0 radical (unpaired) electrons. The van der Waals surface area contributed by atoms with Crippen molar-refractivity contribution in [1.29, 1.82) is 0 Å². The molecule has 0 aromatic heterocycles. The van der Waals surface area contributed by atoms with E-state index in [2.05, 4.69) is 28.1 Å². The Morgan fingerprint density at radius 2 is 1.68 bits per heavy atom. The maximum absolute atomic E-state index is 14.6. The maximum atomic E-state index is 14.6. The van der Waals surface area contributed by atoms with Gasteiger partial charge in [0.05, 0.1) is 34.7 Å². The van der Waals surface area contributed by atoms with E-state index >= 15 is 0 Å². The van der Waals surface area contributed by atoms with Gasteiger partial charge >= 0.3 is 0 Å². The van der Waals surface area contributed by atoms with Gasteiger partial charge < -0.3 is 15.7 Å². The van der Waals surface area contributed by atoms with Crippen molar-refractivity contribution < 1.29 is 37.1 Å². The van der Waals surface area contributed by atoms with Gasteiger partial charge in [-0.2, -0.15) is 4.31 Å². The first-order valence-electron chi connectivity index (χ1n) is 20.1. The van der Waals surface area contributed by atoms with Crippen molar-refractivity contribution in [2.45, 2.75) is 79.8 Å². The number of hydrogen-bond acceptors (Lipinski definition) is 10. The number of hydrogen-bond donors (Lipinski definition) is 4. The van der Waals surface area contributed by atoms with Crippen LogP contribution in [-0.4, -0.2) is 83.9 Å². The number of piperidine rings is 1. The number of imide groups is 2. The summed E-state index contributed by atoms with van der Waals surface area (Å²) in [6, 6.07) is 21.7. The molecule has 0 bridgehead atoms. The number of thioether (sulfide) groups is 1. The van der Waals surface area contributed by atoms with Crippen LogP contribution in [0.1, 0.15) is 82.8 Å². The minimum atomic E-state index is -3.78. The number of fused-ring (bicyclic) bond motifs is 4. The summed E-state index contributed by atoms with van der Waals surface area (Å²) in [6.07, 6.45) is 4.24. The summed E-state index contributed by atoms with van der Waals surface area (Å²) >= 11 is 1.31. The Balaban J connectivity index is 0.857. The summed E-state index contributed by atoms with van der Waals surface area (Å²) in [5.74, 6) is -2.63. The molecule has 4 amide bonds. The number of carbonyl (C=O) groups is 4. The highest BCUT2D eigenvalue weighted by Crippen LogP contribution is 2.49. The van der Waals surface area contributed by atoms with Crippen LogP contribution in [0.25, 0.3) is 11.1 Å². The number of halogens is 1. The summed E-state index contributed by atoms with van der Waals surface area (Å²) in [5, 5.41) is 19.4. The molecule has 4 atom stereocenters. The number of aryl methyl sites for hydroxylation is 1. The number of benzene rings is 4. The quantitative estimate of drug-likeness (QED) is 0.0626. The third kappa shape index (κ3) is 8.00. The van der Waals surface area contributed by atoms with Gasteiger partial charge in [0.25, 0.3) is 11.8 Å². The van der Waals surface area contributed by atoms with E-state index in [9.17, 15) is 37.1 Å². The Labute approximate surface area is 347 Å². The fourth-order valence-electron chi connectivity index (χ4n) is 8.76. The maximum Gasteiger partial charge on any atom is 0.263 e. The van der Waals surface area contributed by atoms with Gasteiger partial charge in [-0.3, -0.25) is 29.4 Å². The van der Waals surface area contributed by atoms with E-state index in [1.807, 2.05) is 49.4 Å². The van der Waals surface area contributed by atoms with E-state index in [0.717, 1.165) is 76.8 Å². The SMILES string of the molecule is Cc1ccc(S(=O)(=O)N2CC[C@@H]3[C@H](CO)Nc4ccc(-c5cccc(NCCCCCCSc6cc(F)cc7c6C(=O)N(C6CCC(=O)NC6=O)C7=O)c5)cc4[C@@H]32)cc1. The van der Waals surface area contributed by atoms with E-state index < -0.39 is 51.6 Å². The van der Waals surface area contributed by atoms with Crippen molar-refractivity contribution in [3.8, 4) is 11.1 Å². The molecular weight excluding hydrogens is 794 g/mol. The van der Waals surface area contributed by atoms with Gasteiger partial charge in [-0.05, 0) is 104 Å². The molecule has 0 aliphatic carbocycles. The third-order valence-electron chi connectivity index (χ3n) is 11.8. The molecule has 8 rings (SSSR count). The van der Waals surface area contributed by atoms with Gasteiger partial charge in [0.2, 0.25) is 21.8 Å². The molecule has 4 heterocycles. The first kappa shape index (κ1) is 40.7. The Morgan fingerprint density at radius 3 is 2.46 bits per heavy atom. The lowest BCUT2D eigenvalue weighted by atomic mass is 9.82. The van der Waals surface area contributed by atoms with E-state index in [0.29, 0.717) is 23.6 Å². The van der Waals surface area contributed by atoms with Crippen LogP contribution in [0.3, 0.4) is 0 Å². The van der Waals surface area contributed by atoms with Gasteiger partial charge in [0, 0.05) is 41.7 Å². The molecule has 15 heteroatoms. The zero-order chi connectivity index (χ0) is 41.4. The van der Waals surface area contributed by atoms with Gasteiger partial charge in [-0.25, -0.2) is 12.8 Å². The zero-order valence-electron chi connectivity index (χ0n) is 32.6. The van der Waals surface area contributed by atoms with Crippen molar-refractivity contribution in [2.75, 3.05) is 36.1 Å². The van der Waals surface area contributed by atoms with Gasteiger partial charge in [-0.1, -0.05) is 48.7 Å². The molecule has 12 nitrogen and oxygen atoms in total. The summed E-state index contributed by atoms with van der Waals surface area (Å²) < 4.78 is 44.2. The van der Waals surface area contributed by atoms with Crippen molar-refractivity contribution >= 4 is 56.8 Å². The summed E-state index contributed by atoms with van der Waals surface area (Å²) in [6.45, 7) is 2.95. The Morgan fingerprint density at radius 1 is 0.898 bits per heavy atom. The summed E-state index contributed by atoms with van der Waals surface area (Å²) in [5.41, 5.74) is 5.68. The van der Waals surface area contributed by atoms with Crippen molar-refractivity contribution in [3.63, 3.8) is 0 Å². The van der Waals surface area contributed by atoms with Crippen LogP contribution in [0.15, 0.2) is 88.7 Å². The zero-order valence-corrected chi connectivity index (χ0v) is 34.2. The minimum absolute atomic E-state index is 0.00947. The van der Waals surface area contributed by atoms with E-state index in [-0.39, 0.29) is 47.4 Å². The Kier molecular flexibility index (Phi) is 11.6. The molecule has 308 valence electrons. The lowest BCUT2D eigenvalue weighted by Gasteiger charge is -2.39. The van der Waals surface area contributed by atoms with Crippen molar-refractivity contribution in [2.24, 2.45) is 5.92 Å². The lowest BCUT2D eigenvalue weighted by Crippen LogP contribution is -2.54. The van der Waals surface area contributed by atoms with Gasteiger partial charge in [0.1, 0.15) is 11.9 Å². The number of sulfonamides is 1. The first-order chi connectivity index (χ1) is 28.4.